The molecule has 1 saturated heterocycles. The quantitative estimate of drug-likeness (QED) is 0.912. The fourth-order valence-electron chi connectivity index (χ4n) is 2.13. The first-order chi connectivity index (χ1) is 8.49. The van der Waals surface area contributed by atoms with Gasteiger partial charge in [-0.2, -0.15) is 0 Å². The van der Waals surface area contributed by atoms with E-state index in [1.54, 1.807) is 25.6 Å². The molecule has 0 saturated carbocycles. The van der Waals surface area contributed by atoms with E-state index in [0.29, 0.717) is 16.4 Å². The number of aliphatic hydroxyl groups excluding tert-OH is 1. The van der Waals surface area contributed by atoms with Gasteiger partial charge in [-0.25, -0.2) is 4.39 Å². The summed E-state index contributed by atoms with van der Waals surface area (Å²) in [5.41, 5.74) is 1.29. The number of halogens is 1. The van der Waals surface area contributed by atoms with Crippen LogP contribution in [-0.2, 0) is 4.74 Å². The van der Waals surface area contributed by atoms with Crippen LogP contribution in [0.1, 0.15) is 37.5 Å². The molecule has 0 spiro atoms. The molecule has 1 aromatic rings. The molecule has 18 heavy (non-hydrogen) atoms. The minimum absolute atomic E-state index is 0.210. The van der Waals surface area contributed by atoms with Gasteiger partial charge in [-0.3, -0.25) is 0 Å². The Morgan fingerprint density at radius 1 is 1.50 bits per heavy atom. The standard InChI is InChI=1S/C14H19FO2S/c1-8-6-14(11(9(2)16)7-12(8)15)18-13-4-5-17-10(13)3/h6-7,9-10,13,16H,4-5H2,1-3H3/t9-,10?,13?/m0/s1. The first kappa shape index (κ1) is 13.8. The van der Waals surface area contributed by atoms with Gasteiger partial charge in [0.2, 0.25) is 0 Å². The summed E-state index contributed by atoms with van der Waals surface area (Å²) in [6.45, 7) is 6.26. The Kier molecular flexibility index (Phi) is 4.30. The monoisotopic (exact) mass is 270 g/mol. The average molecular weight is 270 g/mol. The van der Waals surface area contributed by atoms with Crippen LogP contribution in [-0.4, -0.2) is 23.1 Å². The second kappa shape index (κ2) is 5.59. The average Bonchev–Trinajstić information content (AvgIpc) is 2.69. The van der Waals surface area contributed by atoms with Gasteiger partial charge in [0.15, 0.2) is 0 Å². The zero-order chi connectivity index (χ0) is 13.3. The van der Waals surface area contributed by atoms with Crippen molar-refractivity contribution in [2.75, 3.05) is 6.61 Å². The molecule has 0 aromatic heterocycles. The molecule has 0 radical (unpaired) electrons. The molecule has 4 heteroatoms. The third-order valence-corrected chi connectivity index (χ3v) is 4.86. The predicted molar refractivity (Wildman–Crippen MR) is 71.4 cm³/mol. The van der Waals surface area contributed by atoms with E-state index in [4.69, 9.17) is 4.74 Å². The van der Waals surface area contributed by atoms with Gasteiger partial charge in [-0.05, 0) is 50.5 Å². The number of hydrogen-bond donors (Lipinski definition) is 1. The van der Waals surface area contributed by atoms with E-state index in [-0.39, 0.29) is 11.9 Å². The molecule has 3 atom stereocenters. The van der Waals surface area contributed by atoms with Crippen molar-refractivity contribution >= 4 is 11.8 Å². The lowest BCUT2D eigenvalue weighted by molar-refractivity contribution is 0.127. The molecule has 1 aromatic carbocycles. The summed E-state index contributed by atoms with van der Waals surface area (Å²) in [6.07, 6.45) is 0.559. The highest BCUT2D eigenvalue weighted by atomic mass is 32.2. The van der Waals surface area contributed by atoms with Crippen LogP contribution in [0.5, 0.6) is 0 Å². The number of ether oxygens (including phenoxy) is 1. The molecule has 0 amide bonds. The van der Waals surface area contributed by atoms with E-state index in [1.807, 2.05) is 6.07 Å². The molecule has 100 valence electrons. The third-order valence-electron chi connectivity index (χ3n) is 3.33. The molecule has 1 fully saturated rings. The number of hydrogen-bond acceptors (Lipinski definition) is 3. The van der Waals surface area contributed by atoms with Crippen molar-refractivity contribution in [3.63, 3.8) is 0 Å². The lowest BCUT2D eigenvalue weighted by Gasteiger charge is -2.18. The molecule has 1 heterocycles. The largest absolute Gasteiger partial charge is 0.389 e. The molecule has 0 aliphatic carbocycles. The lowest BCUT2D eigenvalue weighted by Crippen LogP contribution is -2.13. The van der Waals surface area contributed by atoms with E-state index < -0.39 is 6.10 Å². The van der Waals surface area contributed by atoms with E-state index in [9.17, 15) is 9.50 Å². The van der Waals surface area contributed by atoms with Crippen LogP contribution >= 0.6 is 11.8 Å². The van der Waals surface area contributed by atoms with Crippen LogP contribution in [0.4, 0.5) is 4.39 Å². The molecule has 2 rings (SSSR count). The van der Waals surface area contributed by atoms with Gasteiger partial charge in [-0.15, -0.1) is 11.8 Å². The van der Waals surface area contributed by atoms with Crippen molar-refractivity contribution in [3.05, 3.63) is 29.1 Å². The van der Waals surface area contributed by atoms with Gasteiger partial charge < -0.3 is 9.84 Å². The number of aliphatic hydroxyl groups is 1. The molecule has 1 aliphatic heterocycles. The Morgan fingerprint density at radius 3 is 2.78 bits per heavy atom. The van der Waals surface area contributed by atoms with Crippen LogP contribution in [0, 0.1) is 12.7 Å². The molecular formula is C14H19FO2S. The molecule has 1 N–H and O–H groups in total. The number of rotatable bonds is 3. The Labute approximate surface area is 112 Å². The van der Waals surface area contributed by atoms with Crippen molar-refractivity contribution in [2.45, 2.75) is 49.5 Å². The van der Waals surface area contributed by atoms with E-state index >= 15 is 0 Å². The van der Waals surface area contributed by atoms with E-state index in [1.165, 1.54) is 6.07 Å². The highest BCUT2D eigenvalue weighted by Gasteiger charge is 2.26. The maximum Gasteiger partial charge on any atom is 0.126 e. The summed E-state index contributed by atoms with van der Waals surface area (Å²) in [5.74, 6) is -0.258. The zero-order valence-corrected chi connectivity index (χ0v) is 11.8. The summed E-state index contributed by atoms with van der Waals surface area (Å²) in [4.78, 5) is 0.964. The SMILES string of the molecule is Cc1cc(SC2CCOC2C)c([C@H](C)O)cc1F. The highest BCUT2D eigenvalue weighted by Crippen LogP contribution is 2.37. The minimum Gasteiger partial charge on any atom is -0.389 e. The van der Waals surface area contributed by atoms with Crippen molar-refractivity contribution < 1.29 is 14.2 Å². The van der Waals surface area contributed by atoms with Gasteiger partial charge >= 0.3 is 0 Å². The third kappa shape index (κ3) is 2.87. The summed E-state index contributed by atoms with van der Waals surface area (Å²) < 4.78 is 19.1. The normalized spacial score (nSPS) is 25.4. The molecule has 1 aliphatic rings. The zero-order valence-electron chi connectivity index (χ0n) is 10.9. The van der Waals surface area contributed by atoms with Gasteiger partial charge in [-0.1, -0.05) is 0 Å². The van der Waals surface area contributed by atoms with Crippen molar-refractivity contribution in [3.8, 4) is 0 Å². The van der Waals surface area contributed by atoms with Gasteiger partial charge in [0.25, 0.3) is 0 Å². The van der Waals surface area contributed by atoms with Crippen LogP contribution in [0.25, 0.3) is 0 Å². The Hall–Kier alpha value is -0.580. The molecule has 2 unspecified atom stereocenters. The van der Waals surface area contributed by atoms with Crippen molar-refractivity contribution in [1.29, 1.82) is 0 Å². The maximum absolute atomic E-state index is 13.6. The van der Waals surface area contributed by atoms with Gasteiger partial charge in [0.05, 0.1) is 12.2 Å². The Bertz CT molecular complexity index is 434. The highest BCUT2D eigenvalue weighted by molar-refractivity contribution is 8.00. The fraction of sp³-hybridized carbons (Fsp3) is 0.571. The van der Waals surface area contributed by atoms with Crippen LogP contribution in [0.2, 0.25) is 0 Å². The van der Waals surface area contributed by atoms with Crippen molar-refractivity contribution in [2.24, 2.45) is 0 Å². The maximum atomic E-state index is 13.6. The Balaban J connectivity index is 2.28. The summed E-state index contributed by atoms with van der Waals surface area (Å²) in [6, 6.07) is 3.27. The van der Waals surface area contributed by atoms with Crippen LogP contribution in [0.3, 0.4) is 0 Å². The van der Waals surface area contributed by atoms with Gasteiger partial charge in [0.1, 0.15) is 5.82 Å². The number of thioether (sulfide) groups is 1. The van der Waals surface area contributed by atoms with Crippen molar-refractivity contribution in [1.82, 2.24) is 0 Å². The molecule has 2 nitrogen and oxygen atoms in total. The number of benzene rings is 1. The first-order valence-electron chi connectivity index (χ1n) is 6.25. The summed E-state index contributed by atoms with van der Waals surface area (Å²) >= 11 is 1.69. The summed E-state index contributed by atoms with van der Waals surface area (Å²) in [7, 11) is 0. The predicted octanol–water partition coefficient (Wildman–Crippen LogP) is 3.46. The second-order valence-electron chi connectivity index (χ2n) is 4.84. The first-order valence-corrected chi connectivity index (χ1v) is 7.13. The van der Waals surface area contributed by atoms with Crippen LogP contribution < -0.4 is 0 Å². The molecular weight excluding hydrogens is 251 g/mol. The number of aryl methyl sites for hydroxylation is 1. The summed E-state index contributed by atoms with van der Waals surface area (Å²) in [5, 5.41) is 10.1. The minimum atomic E-state index is -0.653. The van der Waals surface area contributed by atoms with E-state index in [2.05, 4.69) is 6.92 Å². The van der Waals surface area contributed by atoms with Gasteiger partial charge in [0, 0.05) is 16.8 Å². The molecule has 0 bridgehead atoms. The van der Waals surface area contributed by atoms with E-state index in [0.717, 1.165) is 17.9 Å². The van der Waals surface area contributed by atoms with Crippen LogP contribution in [0.15, 0.2) is 17.0 Å². The second-order valence-corrected chi connectivity index (χ2v) is 6.12. The lowest BCUT2D eigenvalue weighted by atomic mass is 10.1. The smallest absolute Gasteiger partial charge is 0.126 e. The Morgan fingerprint density at radius 2 is 2.22 bits per heavy atom. The fourth-order valence-corrected chi connectivity index (χ4v) is 3.55. The topological polar surface area (TPSA) is 29.5 Å².